The molecule has 0 amide bonds. The molecule has 0 aliphatic carbocycles. The van der Waals surface area contributed by atoms with E-state index in [1.54, 1.807) is 6.92 Å². The number of rotatable bonds is 2. The third-order valence-corrected chi connectivity index (χ3v) is 5.51. The first-order valence-corrected chi connectivity index (χ1v) is 8.31. The molecule has 22 heavy (non-hydrogen) atoms. The maximum Gasteiger partial charge on any atom is 0.111 e. The summed E-state index contributed by atoms with van der Waals surface area (Å²) in [6, 6.07) is 7.89. The molecule has 1 spiro atoms. The lowest BCUT2D eigenvalue weighted by atomic mass is 9.75. The highest BCUT2D eigenvalue weighted by molar-refractivity contribution is 6.31. The van der Waals surface area contributed by atoms with Crippen LogP contribution in [-0.2, 0) is 11.3 Å². The Labute approximate surface area is 136 Å². The smallest absolute Gasteiger partial charge is 0.111 e. The highest BCUT2D eigenvalue weighted by Crippen LogP contribution is 2.40. The monoisotopic (exact) mass is 325 g/mol. The van der Waals surface area contributed by atoms with Crippen LogP contribution in [0.1, 0.15) is 31.7 Å². The molecular weight excluding hydrogens is 302 g/mol. The van der Waals surface area contributed by atoms with Gasteiger partial charge in [0.2, 0.25) is 0 Å². The normalized spacial score (nSPS) is 32.3. The second-order valence-electron chi connectivity index (χ2n) is 6.79. The molecule has 2 aliphatic heterocycles. The minimum atomic E-state index is -1.05. The number of halogens is 1. The zero-order valence-electron chi connectivity index (χ0n) is 13.0. The van der Waals surface area contributed by atoms with Gasteiger partial charge < -0.3 is 14.9 Å². The first-order valence-electron chi connectivity index (χ1n) is 7.93. The van der Waals surface area contributed by atoms with Gasteiger partial charge in [0.05, 0.1) is 17.8 Å². The van der Waals surface area contributed by atoms with Gasteiger partial charge in [-0.1, -0.05) is 29.8 Å². The maximum atomic E-state index is 10.5. The van der Waals surface area contributed by atoms with Crippen LogP contribution in [-0.4, -0.2) is 52.1 Å². The van der Waals surface area contributed by atoms with Crippen LogP contribution in [0.5, 0.6) is 0 Å². The molecule has 0 saturated carbocycles. The zero-order valence-corrected chi connectivity index (χ0v) is 13.7. The molecule has 3 rings (SSSR count). The molecule has 0 aromatic heterocycles. The molecule has 2 N–H and O–H groups in total. The SMILES string of the molecule is C[C@@]1(O)CCOC2(CCN(Cc3ccccc3Cl)CC2)C1O. The van der Waals surface area contributed by atoms with E-state index >= 15 is 0 Å². The van der Waals surface area contributed by atoms with Crippen molar-refractivity contribution in [2.75, 3.05) is 19.7 Å². The van der Waals surface area contributed by atoms with E-state index in [2.05, 4.69) is 4.90 Å². The molecule has 2 heterocycles. The van der Waals surface area contributed by atoms with Crippen molar-refractivity contribution in [1.29, 1.82) is 0 Å². The lowest BCUT2D eigenvalue weighted by molar-refractivity contribution is -0.246. The number of nitrogens with zero attached hydrogens (tertiary/aromatic N) is 1. The van der Waals surface area contributed by atoms with E-state index in [0.717, 1.165) is 43.1 Å². The van der Waals surface area contributed by atoms with Gasteiger partial charge in [0.1, 0.15) is 6.10 Å². The molecule has 2 saturated heterocycles. The summed E-state index contributed by atoms with van der Waals surface area (Å²) < 4.78 is 5.91. The summed E-state index contributed by atoms with van der Waals surface area (Å²) in [4.78, 5) is 2.33. The Balaban J connectivity index is 1.64. The van der Waals surface area contributed by atoms with Crippen LogP contribution in [0.3, 0.4) is 0 Å². The van der Waals surface area contributed by atoms with Crippen molar-refractivity contribution in [3.8, 4) is 0 Å². The van der Waals surface area contributed by atoms with E-state index < -0.39 is 17.3 Å². The Bertz CT molecular complexity index is 526. The molecule has 5 heteroatoms. The predicted octanol–water partition coefficient (Wildman–Crippen LogP) is 2.21. The Hall–Kier alpha value is -0.650. The average molecular weight is 326 g/mol. The molecule has 1 unspecified atom stereocenters. The molecule has 2 aliphatic rings. The van der Waals surface area contributed by atoms with Crippen molar-refractivity contribution < 1.29 is 14.9 Å². The summed E-state index contributed by atoms with van der Waals surface area (Å²) in [5.74, 6) is 0. The number of likely N-dealkylation sites (tertiary alicyclic amines) is 1. The molecule has 4 nitrogen and oxygen atoms in total. The van der Waals surface area contributed by atoms with Crippen molar-refractivity contribution in [3.05, 3.63) is 34.9 Å². The highest BCUT2D eigenvalue weighted by Gasteiger charge is 2.52. The number of hydrogen-bond acceptors (Lipinski definition) is 4. The predicted molar refractivity (Wildman–Crippen MR) is 85.9 cm³/mol. The number of aliphatic hydroxyl groups is 2. The number of hydrogen-bond donors (Lipinski definition) is 2. The first-order chi connectivity index (χ1) is 10.4. The maximum absolute atomic E-state index is 10.5. The van der Waals surface area contributed by atoms with Crippen LogP contribution in [0.25, 0.3) is 0 Å². The van der Waals surface area contributed by atoms with Crippen molar-refractivity contribution in [2.24, 2.45) is 0 Å². The second-order valence-corrected chi connectivity index (χ2v) is 7.20. The van der Waals surface area contributed by atoms with Gasteiger partial charge in [-0.3, -0.25) is 4.90 Å². The summed E-state index contributed by atoms with van der Waals surface area (Å²) in [5, 5.41) is 21.6. The van der Waals surface area contributed by atoms with Crippen LogP contribution in [0, 0.1) is 0 Å². The van der Waals surface area contributed by atoms with Crippen molar-refractivity contribution in [3.63, 3.8) is 0 Å². The summed E-state index contributed by atoms with van der Waals surface area (Å²) >= 11 is 6.22. The van der Waals surface area contributed by atoms with E-state index in [9.17, 15) is 10.2 Å². The first kappa shape index (κ1) is 16.2. The molecule has 1 aromatic carbocycles. The Kier molecular flexibility index (Phi) is 4.49. The molecule has 0 bridgehead atoms. The van der Waals surface area contributed by atoms with Gasteiger partial charge in [0.25, 0.3) is 0 Å². The fourth-order valence-corrected chi connectivity index (χ4v) is 3.81. The quantitative estimate of drug-likeness (QED) is 0.875. The zero-order chi connectivity index (χ0) is 15.8. The van der Waals surface area contributed by atoms with Crippen LogP contribution in [0.2, 0.25) is 5.02 Å². The van der Waals surface area contributed by atoms with Gasteiger partial charge in [-0.25, -0.2) is 0 Å². The molecule has 2 atom stereocenters. The molecular formula is C17H24ClNO3. The molecule has 0 radical (unpaired) electrons. The van der Waals surface area contributed by atoms with E-state index in [1.165, 1.54) is 0 Å². The third kappa shape index (κ3) is 3.03. The van der Waals surface area contributed by atoms with Gasteiger partial charge >= 0.3 is 0 Å². The van der Waals surface area contributed by atoms with Crippen LogP contribution in [0.15, 0.2) is 24.3 Å². The van der Waals surface area contributed by atoms with E-state index in [4.69, 9.17) is 16.3 Å². The second kappa shape index (κ2) is 6.10. The van der Waals surface area contributed by atoms with Gasteiger partial charge in [-0.05, 0) is 31.4 Å². The van der Waals surface area contributed by atoms with E-state index in [1.807, 2.05) is 24.3 Å². The Morgan fingerprint density at radius 3 is 2.64 bits per heavy atom. The lowest BCUT2D eigenvalue weighted by Crippen LogP contribution is -2.64. The summed E-state index contributed by atoms with van der Waals surface area (Å²) in [7, 11) is 0. The van der Waals surface area contributed by atoms with Crippen LogP contribution < -0.4 is 0 Å². The lowest BCUT2D eigenvalue weighted by Gasteiger charge is -2.51. The van der Waals surface area contributed by atoms with Gasteiger partial charge in [-0.2, -0.15) is 0 Å². The van der Waals surface area contributed by atoms with Crippen LogP contribution in [0.4, 0.5) is 0 Å². The topological polar surface area (TPSA) is 52.9 Å². The minimum absolute atomic E-state index is 0.485. The fraction of sp³-hybridized carbons (Fsp3) is 0.647. The molecule has 2 fully saturated rings. The average Bonchev–Trinajstić information content (AvgIpc) is 2.49. The standard InChI is InChI=1S/C17H24ClNO3/c1-16(21)8-11-22-17(15(16)20)6-9-19(10-7-17)12-13-4-2-3-5-14(13)18/h2-5,15,20-21H,6-12H2,1H3/t15?,16-/m1/s1. The largest absolute Gasteiger partial charge is 0.387 e. The fourth-order valence-electron chi connectivity index (χ4n) is 3.62. The molecule has 1 aromatic rings. The summed E-state index contributed by atoms with van der Waals surface area (Å²) in [6.07, 6.45) is 1.12. The third-order valence-electron chi connectivity index (χ3n) is 5.14. The number of aliphatic hydroxyl groups excluding tert-OH is 1. The van der Waals surface area contributed by atoms with Gasteiger partial charge in [-0.15, -0.1) is 0 Å². The van der Waals surface area contributed by atoms with Crippen molar-refractivity contribution >= 4 is 11.6 Å². The number of benzene rings is 1. The van der Waals surface area contributed by atoms with Crippen molar-refractivity contribution in [1.82, 2.24) is 4.90 Å². The Morgan fingerprint density at radius 2 is 1.95 bits per heavy atom. The van der Waals surface area contributed by atoms with Crippen LogP contribution >= 0.6 is 11.6 Å². The summed E-state index contributed by atoms with van der Waals surface area (Å²) in [5.41, 5.74) is -0.528. The van der Waals surface area contributed by atoms with E-state index in [0.29, 0.717) is 13.0 Å². The summed E-state index contributed by atoms with van der Waals surface area (Å²) in [6.45, 7) is 4.69. The van der Waals surface area contributed by atoms with Crippen molar-refractivity contribution in [2.45, 2.75) is 50.0 Å². The molecule has 122 valence electrons. The number of ether oxygens (including phenoxy) is 1. The van der Waals surface area contributed by atoms with Gasteiger partial charge in [0.15, 0.2) is 0 Å². The minimum Gasteiger partial charge on any atom is -0.387 e. The Morgan fingerprint density at radius 1 is 1.27 bits per heavy atom. The van der Waals surface area contributed by atoms with Gasteiger partial charge in [0, 0.05) is 31.1 Å². The van der Waals surface area contributed by atoms with E-state index in [-0.39, 0.29) is 0 Å². The number of piperidine rings is 1. The highest BCUT2D eigenvalue weighted by atomic mass is 35.5.